The molecule has 3 rings (SSSR count). The molecule has 0 spiro atoms. The molecule has 1 aromatic carbocycles. The largest absolute Gasteiger partial charge is 0.492 e. The zero-order chi connectivity index (χ0) is 18.5. The highest BCUT2D eigenvalue weighted by molar-refractivity contribution is 6.55. The van der Waals surface area contributed by atoms with Gasteiger partial charge in [0, 0.05) is 0 Å². The van der Waals surface area contributed by atoms with Gasteiger partial charge in [-0.15, -0.1) is 0 Å². The van der Waals surface area contributed by atoms with E-state index in [1.165, 1.54) is 0 Å². The van der Waals surface area contributed by atoms with Crippen LogP contribution < -0.4 is 0 Å². The zero-order valence-electron chi connectivity index (χ0n) is 15.2. The molecule has 1 aliphatic carbocycles. The van der Waals surface area contributed by atoms with Gasteiger partial charge in [-0.25, -0.2) is 0 Å². The average Bonchev–Trinajstić information content (AvgIpc) is 3.30. The lowest BCUT2D eigenvalue weighted by atomic mass is 9.77. The first-order valence-electron chi connectivity index (χ1n) is 8.62. The van der Waals surface area contributed by atoms with Crippen LogP contribution in [0.1, 0.15) is 51.7 Å². The Morgan fingerprint density at radius 3 is 2.04 bits per heavy atom. The van der Waals surface area contributed by atoms with Crippen molar-refractivity contribution in [2.75, 3.05) is 6.61 Å². The molecule has 0 radical (unpaired) electrons. The number of carbonyl (C=O) groups is 1. The van der Waals surface area contributed by atoms with Gasteiger partial charge in [0.2, 0.25) is 0 Å². The second-order valence-corrected chi connectivity index (χ2v) is 7.97. The molecule has 1 heterocycles. The molecule has 5 nitrogen and oxygen atoms in total. The van der Waals surface area contributed by atoms with Crippen molar-refractivity contribution in [1.82, 2.24) is 0 Å². The van der Waals surface area contributed by atoms with Gasteiger partial charge in [-0.2, -0.15) is 0 Å². The molecule has 1 saturated carbocycles. The van der Waals surface area contributed by atoms with Gasteiger partial charge in [0.1, 0.15) is 0 Å². The molecule has 6 heteroatoms. The van der Waals surface area contributed by atoms with Crippen LogP contribution in [0.25, 0.3) is 6.08 Å². The minimum atomic E-state index is -0.760. The minimum Gasteiger partial charge on any atom is -0.481 e. The van der Waals surface area contributed by atoms with E-state index >= 15 is 0 Å². The van der Waals surface area contributed by atoms with E-state index in [1.807, 2.05) is 58.0 Å². The number of aliphatic hydroxyl groups excluding tert-OH is 1. The number of hydrogen-bond donors (Lipinski definition) is 2. The molecular formula is C19H25BO5. The predicted octanol–water partition coefficient (Wildman–Crippen LogP) is 2.81. The number of rotatable bonds is 5. The van der Waals surface area contributed by atoms with Crippen LogP contribution in [0.5, 0.6) is 0 Å². The van der Waals surface area contributed by atoms with Gasteiger partial charge in [-0.05, 0) is 57.1 Å². The Morgan fingerprint density at radius 1 is 1.12 bits per heavy atom. The number of carboxylic acid groups (broad SMARTS) is 1. The number of aliphatic hydroxyl groups is 1. The topological polar surface area (TPSA) is 76.0 Å². The fraction of sp³-hybridized carbons (Fsp3) is 0.526. The summed E-state index contributed by atoms with van der Waals surface area (Å²) in [6.45, 7) is 7.71. The van der Waals surface area contributed by atoms with E-state index in [0.717, 1.165) is 11.1 Å². The standard InChI is InChI=1S/C19H25BO5/c1-17(2)18(3,4)25-20(24-17)15(12-21)11-13-5-7-14(8-6-13)19(9-10-19)16(22)23/h5-8,11,21H,9-10,12H2,1-4H3,(H,22,23). The van der Waals surface area contributed by atoms with Gasteiger partial charge in [0.15, 0.2) is 0 Å². The van der Waals surface area contributed by atoms with Crippen molar-refractivity contribution < 1.29 is 24.3 Å². The van der Waals surface area contributed by atoms with E-state index in [1.54, 1.807) is 0 Å². The van der Waals surface area contributed by atoms with E-state index in [2.05, 4.69) is 0 Å². The van der Waals surface area contributed by atoms with Crippen molar-refractivity contribution in [2.24, 2.45) is 0 Å². The number of aliphatic carboxylic acids is 1. The monoisotopic (exact) mass is 344 g/mol. The van der Waals surface area contributed by atoms with Crippen molar-refractivity contribution in [2.45, 2.75) is 57.2 Å². The first kappa shape index (κ1) is 18.2. The minimum absolute atomic E-state index is 0.169. The average molecular weight is 344 g/mol. The van der Waals surface area contributed by atoms with Crippen LogP contribution in [0.2, 0.25) is 0 Å². The molecule has 0 amide bonds. The van der Waals surface area contributed by atoms with Gasteiger partial charge < -0.3 is 19.5 Å². The lowest BCUT2D eigenvalue weighted by Gasteiger charge is -2.32. The molecule has 2 N–H and O–H groups in total. The fourth-order valence-corrected chi connectivity index (χ4v) is 3.05. The van der Waals surface area contributed by atoms with Crippen LogP contribution in [0.3, 0.4) is 0 Å². The second kappa shape index (κ2) is 5.97. The number of carboxylic acids is 1. The Kier molecular flexibility index (Phi) is 4.34. The molecular weight excluding hydrogens is 319 g/mol. The Balaban J connectivity index is 1.81. The van der Waals surface area contributed by atoms with Crippen molar-refractivity contribution in [3.8, 4) is 0 Å². The van der Waals surface area contributed by atoms with Gasteiger partial charge in [0.05, 0.1) is 23.2 Å². The first-order chi connectivity index (χ1) is 11.6. The zero-order valence-corrected chi connectivity index (χ0v) is 15.2. The van der Waals surface area contributed by atoms with Crippen LogP contribution >= 0.6 is 0 Å². The van der Waals surface area contributed by atoms with Gasteiger partial charge in [0.25, 0.3) is 0 Å². The summed E-state index contributed by atoms with van der Waals surface area (Å²) in [5.74, 6) is -0.760. The number of benzene rings is 1. The van der Waals surface area contributed by atoms with Crippen LogP contribution in [0.15, 0.2) is 29.7 Å². The number of hydrogen-bond acceptors (Lipinski definition) is 4. The maximum atomic E-state index is 11.4. The van der Waals surface area contributed by atoms with Crippen molar-refractivity contribution in [3.63, 3.8) is 0 Å². The molecule has 1 aliphatic heterocycles. The third kappa shape index (κ3) is 3.14. The van der Waals surface area contributed by atoms with Crippen LogP contribution in [-0.2, 0) is 19.5 Å². The summed E-state index contributed by atoms with van der Waals surface area (Å²) in [7, 11) is -0.594. The van der Waals surface area contributed by atoms with E-state index < -0.39 is 29.7 Å². The Hall–Kier alpha value is -1.63. The molecule has 0 aromatic heterocycles. The summed E-state index contributed by atoms with van der Waals surface area (Å²) in [5, 5.41) is 19.1. The van der Waals surface area contributed by atoms with Crippen molar-refractivity contribution in [3.05, 3.63) is 40.9 Å². The van der Waals surface area contributed by atoms with Crippen LogP contribution in [0, 0.1) is 0 Å². The fourth-order valence-electron chi connectivity index (χ4n) is 3.05. The van der Waals surface area contributed by atoms with Crippen molar-refractivity contribution in [1.29, 1.82) is 0 Å². The second-order valence-electron chi connectivity index (χ2n) is 7.97. The maximum absolute atomic E-state index is 11.4. The summed E-state index contributed by atoms with van der Waals surface area (Å²) in [4.78, 5) is 11.4. The van der Waals surface area contributed by atoms with Gasteiger partial charge in [-0.3, -0.25) is 4.79 Å². The van der Waals surface area contributed by atoms with Gasteiger partial charge >= 0.3 is 13.1 Å². The molecule has 0 atom stereocenters. The smallest absolute Gasteiger partial charge is 0.481 e. The molecule has 1 saturated heterocycles. The predicted molar refractivity (Wildman–Crippen MR) is 96.1 cm³/mol. The maximum Gasteiger partial charge on any atom is 0.492 e. The molecule has 2 aliphatic rings. The summed E-state index contributed by atoms with van der Waals surface area (Å²) < 4.78 is 12.0. The highest BCUT2D eigenvalue weighted by Gasteiger charge is 2.53. The molecule has 134 valence electrons. The lowest BCUT2D eigenvalue weighted by Crippen LogP contribution is -2.41. The highest BCUT2D eigenvalue weighted by Crippen LogP contribution is 2.48. The summed E-state index contributed by atoms with van der Waals surface area (Å²) in [5.41, 5.74) is 0.728. The summed E-state index contributed by atoms with van der Waals surface area (Å²) in [6, 6.07) is 7.46. The molecule has 0 bridgehead atoms. The first-order valence-corrected chi connectivity index (χ1v) is 8.62. The van der Waals surface area contributed by atoms with Crippen LogP contribution in [0.4, 0.5) is 0 Å². The van der Waals surface area contributed by atoms with Crippen LogP contribution in [-0.4, -0.2) is 41.1 Å². The molecule has 0 unspecified atom stereocenters. The quantitative estimate of drug-likeness (QED) is 0.804. The van der Waals surface area contributed by atoms with E-state index in [-0.39, 0.29) is 6.61 Å². The Labute approximate surface area is 148 Å². The Bertz CT molecular complexity index is 685. The Morgan fingerprint density at radius 2 is 1.64 bits per heavy atom. The van der Waals surface area contributed by atoms with E-state index in [0.29, 0.717) is 18.3 Å². The third-order valence-electron chi connectivity index (χ3n) is 5.71. The normalized spacial score (nSPS) is 23.6. The molecule has 2 fully saturated rings. The SMILES string of the molecule is CC1(C)OB(C(=Cc2ccc(C3(C(=O)O)CC3)cc2)CO)OC1(C)C. The highest BCUT2D eigenvalue weighted by atomic mass is 16.7. The lowest BCUT2D eigenvalue weighted by molar-refractivity contribution is -0.140. The molecule has 25 heavy (non-hydrogen) atoms. The summed E-state index contributed by atoms with van der Waals surface area (Å²) >= 11 is 0. The van der Waals surface area contributed by atoms with E-state index in [9.17, 15) is 15.0 Å². The van der Waals surface area contributed by atoms with Crippen molar-refractivity contribution >= 4 is 19.2 Å². The van der Waals surface area contributed by atoms with Gasteiger partial charge in [-0.1, -0.05) is 30.3 Å². The molecule has 1 aromatic rings. The van der Waals surface area contributed by atoms with E-state index in [4.69, 9.17) is 9.31 Å². The third-order valence-corrected chi connectivity index (χ3v) is 5.71. The summed E-state index contributed by atoms with van der Waals surface area (Å²) in [6.07, 6.45) is 3.22.